The molecule has 0 aromatic rings. The summed E-state index contributed by atoms with van der Waals surface area (Å²) in [5.41, 5.74) is 0. The van der Waals surface area contributed by atoms with Gasteiger partial charge in [-0.25, -0.2) is 0 Å². The van der Waals surface area contributed by atoms with Crippen molar-refractivity contribution in [3.8, 4) is 0 Å². The first kappa shape index (κ1) is 14.8. The van der Waals surface area contributed by atoms with Crippen molar-refractivity contribution in [1.82, 2.24) is 13.5 Å². The average molecular weight is 301 g/mol. The van der Waals surface area contributed by atoms with Crippen molar-refractivity contribution >= 4 is 10.2 Å². The second kappa shape index (κ2) is 5.91. The molecule has 0 bridgehead atoms. The summed E-state index contributed by atoms with van der Waals surface area (Å²) in [6, 6.07) is 0.675. The molecule has 0 aromatic carbocycles. The third-order valence-electron chi connectivity index (χ3n) is 5.33. The van der Waals surface area contributed by atoms with Gasteiger partial charge in [0.15, 0.2) is 0 Å². The average Bonchev–Trinajstić information content (AvgIpc) is 2.94. The Morgan fingerprint density at radius 2 is 1.70 bits per heavy atom. The maximum atomic E-state index is 12.8. The first-order valence-electron chi connectivity index (χ1n) is 8.06. The molecule has 0 unspecified atom stereocenters. The van der Waals surface area contributed by atoms with Crippen LogP contribution in [-0.4, -0.2) is 67.2 Å². The van der Waals surface area contributed by atoms with Gasteiger partial charge in [0.05, 0.1) is 0 Å². The van der Waals surface area contributed by atoms with E-state index in [4.69, 9.17) is 0 Å². The normalized spacial score (nSPS) is 30.8. The van der Waals surface area contributed by atoms with Crippen LogP contribution in [0.2, 0.25) is 0 Å². The standard InChI is InChI=1S/C14H27N3O2S/c1-15(13-6-3-2-4-7-13)20(18,19)17-11-10-16-9-5-8-14(16)12-17/h13-14H,2-12H2,1H3/t14-/m1/s1. The van der Waals surface area contributed by atoms with Crippen LogP contribution in [0.25, 0.3) is 0 Å². The lowest BCUT2D eigenvalue weighted by Crippen LogP contribution is -2.56. The summed E-state index contributed by atoms with van der Waals surface area (Å²) in [7, 11) is -1.48. The van der Waals surface area contributed by atoms with Crippen molar-refractivity contribution in [3.63, 3.8) is 0 Å². The van der Waals surface area contributed by atoms with E-state index in [0.717, 1.165) is 32.4 Å². The summed E-state index contributed by atoms with van der Waals surface area (Å²) >= 11 is 0. The third-order valence-corrected chi connectivity index (χ3v) is 7.34. The minimum atomic E-state index is -3.26. The molecule has 2 heterocycles. The molecule has 2 aliphatic heterocycles. The summed E-state index contributed by atoms with van der Waals surface area (Å²) in [6.45, 7) is 3.41. The van der Waals surface area contributed by atoms with E-state index in [9.17, 15) is 8.42 Å². The molecule has 6 heteroatoms. The van der Waals surface area contributed by atoms with Crippen LogP contribution >= 0.6 is 0 Å². The van der Waals surface area contributed by atoms with Crippen molar-refractivity contribution in [1.29, 1.82) is 0 Å². The molecule has 0 spiro atoms. The number of hydrogen-bond donors (Lipinski definition) is 0. The first-order chi connectivity index (χ1) is 9.59. The van der Waals surface area contributed by atoms with E-state index < -0.39 is 10.2 Å². The molecule has 5 nitrogen and oxygen atoms in total. The van der Waals surface area contributed by atoms with Crippen molar-refractivity contribution in [2.75, 3.05) is 33.2 Å². The quantitative estimate of drug-likeness (QED) is 0.788. The molecule has 3 aliphatic rings. The molecule has 0 radical (unpaired) electrons. The Labute approximate surface area is 123 Å². The number of hydrogen-bond acceptors (Lipinski definition) is 3. The number of nitrogens with zero attached hydrogens (tertiary/aromatic N) is 3. The van der Waals surface area contributed by atoms with Crippen molar-refractivity contribution in [3.05, 3.63) is 0 Å². The Bertz CT molecular complexity index is 434. The third kappa shape index (κ3) is 2.75. The van der Waals surface area contributed by atoms with Gasteiger partial charge >= 0.3 is 0 Å². The van der Waals surface area contributed by atoms with E-state index in [1.165, 1.54) is 25.7 Å². The predicted molar refractivity (Wildman–Crippen MR) is 79.7 cm³/mol. The zero-order valence-electron chi connectivity index (χ0n) is 12.5. The molecule has 1 saturated carbocycles. The van der Waals surface area contributed by atoms with Crippen LogP contribution in [0.5, 0.6) is 0 Å². The molecule has 3 rings (SSSR count). The fourth-order valence-electron chi connectivity index (χ4n) is 3.99. The lowest BCUT2D eigenvalue weighted by atomic mass is 9.96. The lowest BCUT2D eigenvalue weighted by Gasteiger charge is -2.40. The van der Waals surface area contributed by atoms with E-state index in [-0.39, 0.29) is 6.04 Å². The van der Waals surface area contributed by atoms with E-state index in [1.807, 2.05) is 0 Å². The second-order valence-electron chi connectivity index (χ2n) is 6.51. The fourth-order valence-corrected chi connectivity index (χ4v) is 5.61. The highest BCUT2D eigenvalue weighted by molar-refractivity contribution is 7.86. The smallest absolute Gasteiger partial charge is 0.282 e. The van der Waals surface area contributed by atoms with Gasteiger partial charge in [-0.05, 0) is 32.2 Å². The highest BCUT2D eigenvalue weighted by Gasteiger charge is 2.39. The van der Waals surface area contributed by atoms with Crippen LogP contribution in [0.4, 0.5) is 0 Å². The maximum absolute atomic E-state index is 12.8. The molecule has 3 fully saturated rings. The predicted octanol–water partition coefficient (Wildman–Crippen LogP) is 1.28. The number of fused-ring (bicyclic) bond motifs is 1. The number of rotatable bonds is 3. The summed E-state index contributed by atoms with van der Waals surface area (Å²) in [4.78, 5) is 2.45. The largest absolute Gasteiger partial charge is 0.298 e. The van der Waals surface area contributed by atoms with Gasteiger partial charge in [0.25, 0.3) is 10.2 Å². The van der Waals surface area contributed by atoms with E-state index in [0.29, 0.717) is 19.1 Å². The van der Waals surface area contributed by atoms with E-state index in [2.05, 4.69) is 4.90 Å². The van der Waals surface area contributed by atoms with Gasteiger partial charge in [-0.15, -0.1) is 0 Å². The monoisotopic (exact) mass is 301 g/mol. The van der Waals surface area contributed by atoms with Gasteiger partial charge in [0.1, 0.15) is 0 Å². The van der Waals surface area contributed by atoms with Crippen molar-refractivity contribution < 1.29 is 8.42 Å². The van der Waals surface area contributed by atoms with Crippen LogP contribution in [0, 0.1) is 0 Å². The summed E-state index contributed by atoms with van der Waals surface area (Å²) < 4.78 is 29.0. The van der Waals surface area contributed by atoms with Gasteiger partial charge < -0.3 is 0 Å². The summed E-state index contributed by atoms with van der Waals surface area (Å²) in [5.74, 6) is 0. The van der Waals surface area contributed by atoms with E-state index in [1.54, 1.807) is 15.7 Å². The molecule has 0 aromatic heterocycles. The minimum Gasteiger partial charge on any atom is -0.298 e. The lowest BCUT2D eigenvalue weighted by molar-refractivity contribution is 0.149. The first-order valence-corrected chi connectivity index (χ1v) is 9.46. The molecule has 1 aliphatic carbocycles. The highest BCUT2D eigenvalue weighted by atomic mass is 32.2. The molecule has 20 heavy (non-hydrogen) atoms. The summed E-state index contributed by atoms with van der Waals surface area (Å²) in [6.07, 6.45) is 8.02. The maximum Gasteiger partial charge on any atom is 0.282 e. The van der Waals surface area contributed by atoms with Gasteiger partial charge in [-0.1, -0.05) is 19.3 Å². The Morgan fingerprint density at radius 1 is 0.950 bits per heavy atom. The van der Waals surface area contributed by atoms with Crippen LogP contribution in [0.3, 0.4) is 0 Å². The van der Waals surface area contributed by atoms with Crippen LogP contribution < -0.4 is 0 Å². The molecule has 1 atom stereocenters. The topological polar surface area (TPSA) is 43.9 Å². The minimum absolute atomic E-state index is 0.218. The molecule has 116 valence electrons. The van der Waals surface area contributed by atoms with Crippen LogP contribution in [0.1, 0.15) is 44.9 Å². The molecular formula is C14H27N3O2S. The highest BCUT2D eigenvalue weighted by Crippen LogP contribution is 2.27. The van der Waals surface area contributed by atoms with Gasteiger partial charge in [-0.3, -0.25) is 4.90 Å². The number of piperazine rings is 1. The Hall–Kier alpha value is -0.170. The second-order valence-corrected chi connectivity index (χ2v) is 8.49. The zero-order chi connectivity index (χ0) is 14.2. The molecule has 2 saturated heterocycles. The Kier molecular flexibility index (Phi) is 4.36. The fraction of sp³-hybridized carbons (Fsp3) is 1.00. The Morgan fingerprint density at radius 3 is 2.45 bits per heavy atom. The van der Waals surface area contributed by atoms with Crippen LogP contribution in [-0.2, 0) is 10.2 Å². The molecular weight excluding hydrogens is 274 g/mol. The van der Waals surface area contributed by atoms with E-state index >= 15 is 0 Å². The molecule has 0 amide bonds. The van der Waals surface area contributed by atoms with Gasteiger partial charge in [-0.2, -0.15) is 17.0 Å². The van der Waals surface area contributed by atoms with Gasteiger partial charge in [0, 0.05) is 38.8 Å². The SMILES string of the molecule is CN(C1CCCCC1)S(=O)(=O)N1CCN2CCC[C@@H]2C1. The van der Waals surface area contributed by atoms with Crippen LogP contribution in [0.15, 0.2) is 0 Å². The van der Waals surface area contributed by atoms with Crippen molar-refractivity contribution in [2.24, 2.45) is 0 Å². The zero-order valence-corrected chi connectivity index (χ0v) is 13.3. The summed E-state index contributed by atoms with van der Waals surface area (Å²) in [5, 5.41) is 0. The Balaban J connectivity index is 1.67. The molecule has 0 N–H and O–H groups in total. The van der Waals surface area contributed by atoms with Crippen molar-refractivity contribution in [2.45, 2.75) is 57.0 Å². The van der Waals surface area contributed by atoms with Gasteiger partial charge in [0.2, 0.25) is 0 Å².